The van der Waals surface area contributed by atoms with Gasteiger partial charge in [-0.3, -0.25) is 4.79 Å². The number of carbonyl (C=O) groups is 2. The van der Waals surface area contributed by atoms with Crippen molar-refractivity contribution >= 4 is 11.8 Å². The molecule has 0 N–H and O–H groups in total. The summed E-state index contributed by atoms with van der Waals surface area (Å²) in [6.07, 6.45) is 16.0. The van der Waals surface area contributed by atoms with Gasteiger partial charge in [0.25, 0.3) is 0 Å². The molecule has 0 aromatic carbocycles. The van der Waals surface area contributed by atoms with Gasteiger partial charge in [0.1, 0.15) is 0 Å². The summed E-state index contributed by atoms with van der Waals surface area (Å²) in [5.74, 6) is 1.64. The molecule has 5 aliphatic carbocycles. The van der Waals surface area contributed by atoms with E-state index in [1.807, 2.05) is 19.1 Å². The minimum Gasteiger partial charge on any atom is -0.426 e. The SMILES string of the molecule is CC1=C[C@@]2(C[C@H]([C@H]3CC[C@@]4(C)[C@@H]5CC[C@H]6C(C)(C)C(=O)C=C[C@]67C[C@]57CC[C@]34C)CO2)OC1=O. The number of allylic oxidation sites excluding steroid dienone is 2. The summed E-state index contributed by atoms with van der Waals surface area (Å²) in [6.45, 7) is 12.2. The fourth-order valence-electron chi connectivity index (χ4n) is 11.2. The average Bonchev–Trinajstić information content (AvgIpc) is 2.94. The first-order valence-corrected chi connectivity index (χ1v) is 13.7. The lowest BCUT2D eigenvalue weighted by Gasteiger charge is -2.62. The van der Waals surface area contributed by atoms with E-state index in [2.05, 4.69) is 33.8 Å². The first kappa shape index (κ1) is 21.8. The van der Waals surface area contributed by atoms with Crippen LogP contribution < -0.4 is 0 Å². The highest BCUT2D eigenvalue weighted by molar-refractivity contribution is 5.96. The van der Waals surface area contributed by atoms with Crippen molar-refractivity contribution in [2.75, 3.05) is 6.61 Å². The number of rotatable bonds is 1. The highest BCUT2D eigenvalue weighted by Crippen LogP contribution is 2.88. The first-order chi connectivity index (χ1) is 15.9. The lowest BCUT2D eigenvalue weighted by molar-refractivity contribution is -0.182. The topological polar surface area (TPSA) is 52.6 Å². The third kappa shape index (κ3) is 2.23. The van der Waals surface area contributed by atoms with Crippen molar-refractivity contribution in [3.05, 3.63) is 23.8 Å². The molecule has 0 radical (unpaired) electrons. The van der Waals surface area contributed by atoms with E-state index in [0.717, 1.165) is 12.3 Å². The van der Waals surface area contributed by atoms with Crippen LogP contribution in [-0.2, 0) is 19.1 Å². The molecule has 7 aliphatic rings. The van der Waals surface area contributed by atoms with Gasteiger partial charge in [0.2, 0.25) is 5.79 Å². The normalized spacial score (nSPS) is 56.4. The van der Waals surface area contributed by atoms with E-state index in [1.165, 1.54) is 44.9 Å². The molecule has 7 rings (SSSR count). The average molecular weight is 465 g/mol. The Kier molecular flexibility index (Phi) is 3.92. The van der Waals surface area contributed by atoms with Crippen molar-refractivity contribution < 1.29 is 19.1 Å². The standard InChI is InChI=1S/C30H40O4/c1-18-14-30(34-24(18)32)15-19(16-33-30)20-8-10-27(5)22-7-6-21-25(2,3)23(31)9-11-28(21)17-29(22,28)13-12-26(20,27)4/h9,11,14,19-22H,6-8,10,12-13,15-17H2,1-5H3/t19-,20+,21-,22-,26+,27-,28-,29+,30-/m0/s1. The predicted molar refractivity (Wildman–Crippen MR) is 128 cm³/mol. The van der Waals surface area contributed by atoms with Crippen LogP contribution in [0.15, 0.2) is 23.8 Å². The Labute approximate surface area is 203 Å². The molecule has 4 saturated carbocycles. The highest BCUT2D eigenvalue weighted by atomic mass is 16.7. The summed E-state index contributed by atoms with van der Waals surface area (Å²) < 4.78 is 11.9. The van der Waals surface area contributed by atoms with Gasteiger partial charge in [-0.15, -0.1) is 0 Å². The summed E-state index contributed by atoms with van der Waals surface area (Å²) in [6, 6.07) is 0. The van der Waals surface area contributed by atoms with Crippen molar-refractivity contribution in [3.8, 4) is 0 Å². The molecule has 5 fully saturated rings. The Morgan fingerprint density at radius 1 is 0.941 bits per heavy atom. The molecule has 0 aromatic rings. The maximum atomic E-state index is 12.8. The van der Waals surface area contributed by atoms with Gasteiger partial charge < -0.3 is 9.47 Å². The van der Waals surface area contributed by atoms with E-state index < -0.39 is 5.79 Å². The van der Waals surface area contributed by atoms with Crippen LogP contribution in [-0.4, -0.2) is 24.1 Å². The maximum Gasteiger partial charge on any atom is 0.336 e. The number of ether oxygens (including phenoxy) is 2. The quantitative estimate of drug-likeness (QED) is 0.446. The van der Waals surface area contributed by atoms with Gasteiger partial charge in [-0.2, -0.15) is 0 Å². The van der Waals surface area contributed by atoms with Crippen molar-refractivity contribution in [2.45, 2.75) is 91.8 Å². The number of ketones is 1. The Balaban J connectivity index is 1.19. The fraction of sp³-hybridized carbons (Fsp3) is 0.800. The summed E-state index contributed by atoms with van der Waals surface area (Å²) in [7, 11) is 0. The molecule has 2 aliphatic heterocycles. The Bertz CT molecular complexity index is 1070. The Morgan fingerprint density at radius 2 is 1.71 bits per heavy atom. The summed E-state index contributed by atoms with van der Waals surface area (Å²) in [5.41, 5.74) is 1.75. The highest BCUT2D eigenvalue weighted by Gasteiger charge is 2.81. The zero-order valence-electron chi connectivity index (χ0n) is 21.5. The number of esters is 1. The molecule has 0 bridgehead atoms. The van der Waals surface area contributed by atoms with Crippen molar-refractivity contribution in [1.82, 2.24) is 0 Å². The number of hydrogen-bond donors (Lipinski definition) is 0. The molecule has 34 heavy (non-hydrogen) atoms. The molecule has 184 valence electrons. The van der Waals surface area contributed by atoms with E-state index in [1.54, 1.807) is 0 Å². The smallest absolute Gasteiger partial charge is 0.336 e. The molecular formula is C30H40O4. The summed E-state index contributed by atoms with van der Waals surface area (Å²) in [5, 5.41) is 0. The molecule has 0 amide bonds. The van der Waals surface area contributed by atoms with Crippen LogP contribution in [0.4, 0.5) is 0 Å². The molecule has 2 heterocycles. The molecule has 0 unspecified atom stereocenters. The maximum absolute atomic E-state index is 12.8. The second kappa shape index (κ2) is 6.10. The monoisotopic (exact) mass is 464 g/mol. The van der Waals surface area contributed by atoms with E-state index in [4.69, 9.17) is 9.47 Å². The van der Waals surface area contributed by atoms with Gasteiger partial charge in [0, 0.05) is 17.4 Å². The van der Waals surface area contributed by atoms with Crippen LogP contribution in [0, 0.1) is 50.7 Å². The molecule has 4 heteroatoms. The van der Waals surface area contributed by atoms with Crippen LogP contribution >= 0.6 is 0 Å². The molecule has 1 saturated heterocycles. The molecule has 3 spiro atoms. The molecule has 4 nitrogen and oxygen atoms in total. The largest absolute Gasteiger partial charge is 0.426 e. The lowest BCUT2D eigenvalue weighted by atomic mass is 9.42. The van der Waals surface area contributed by atoms with Crippen LogP contribution in [0.2, 0.25) is 0 Å². The van der Waals surface area contributed by atoms with E-state index in [9.17, 15) is 9.59 Å². The Hall–Kier alpha value is -1.42. The third-order valence-electron chi connectivity index (χ3n) is 13.1. The van der Waals surface area contributed by atoms with Crippen molar-refractivity contribution in [1.29, 1.82) is 0 Å². The van der Waals surface area contributed by atoms with Crippen molar-refractivity contribution in [2.24, 2.45) is 50.7 Å². The number of fused-ring (bicyclic) bond motifs is 2. The van der Waals surface area contributed by atoms with Gasteiger partial charge in [-0.1, -0.05) is 33.8 Å². The first-order valence-electron chi connectivity index (χ1n) is 13.7. The van der Waals surface area contributed by atoms with Crippen LogP contribution in [0.3, 0.4) is 0 Å². The molecular weight excluding hydrogens is 424 g/mol. The third-order valence-corrected chi connectivity index (χ3v) is 13.1. The van der Waals surface area contributed by atoms with Gasteiger partial charge in [-0.25, -0.2) is 4.79 Å². The van der Waals surface area contributed by atoms with Crippen LogP contribution in [0.5, 0.6) is 0 Å². The van der Waals surface area contributed by atoms with E-state index in [0.29, 0.717) is 52.0 Å². The van der Waals surface area contributed by atoms with Crippen LogP contribution in [0.1, 0.15) is 86.0 Å². The zero-order valence-corrected chi connectivity index (χ0v) is 21.5. The summed E-state index contributed by atoms with van der Waals surface area (Å²) in [4.78, 5) is 24.9. The second-order valence-corrected chi connectivity index (χ2v) is 14.3. The number of carbonyl (C=O) groups excluding carboxylic acids is 2. The Morgan fingerprint density at radius 3 is 2.44 bits per heavy atom. The van der Waals surface area contributed by atoms with Gasteiger partial charge in [0.15, 0.2) is 5.78 Å². The fourth-order valence-corrected chi connectivity index (χ4v) is 11.2. The van der Waals surface area contributed by atoms with E-state index in [-0.39, 0.29) is 16.8 Å². The second-order valence-electron chi connectivity index (χ2n) is 14.3. The summed E-state index contributed by atoms with van der Waals surface area (Å²) >= 11 is 0. The molecule has 0 aromatic heterocycles. The minimum absolute atomic E-state index is 0.219. The van der Waals surface area contributed by atoms with Gasteiger partial charge >= 0.3 is 5.97 Å². The van der Waals surface area contributed by atoms with E-state index >= 15 is 0 Å². The predicted octanol–water partition coefficient (Wildman–Crippen LogP) is 6.01. The molecule has 9 atom stereocenters. The van der Waals surface area contributed by atoms with Gasteiger partial charge in [0.05, 0.1) is 6.61 Å². The van der Waals surface area contributed by atoms with Crippen molar-refractivity contribution in [3.63, 3.8) is 0 Å². The number of hydrogen-bond acceptors (Lipinski definition) is 4. The zero-order chi connectivity index (χ0) is 23.9. The minimum atomic E-state index is -0.805. The van der Waals surface area contributed by atoms with Crippen LogP contribution in [0.25, 0.3) is 0 Å². The van der Waals surface area contributed by atoms with Gasteiger partial charge in [-0.05, 0) is 109 Å². The lowest BCUT2D eigenvalue weighted by Crippen LogP contribution is -2.56.